The molecule has 0 spiro atoms. The highest BCUT2D eigenvalue weighted by atomic mass is 16.3. The molecule has 3 rings (SSSR count). The second-order valence-corrected chi connectivity index (χ2v) is 4.75. The number of nitrogen functional groups attached to an aromatic ring is 1. The first-order valence-electron chi connectivity index (χ1n) is 6.18. The lowest BCUT2D eigenvalue weighted by Crippen LogP contribution is -2.28. The zero-order valence-electron chi connectivity index (χ0n) is 9.71. The number of nitrogens with zero attached hydrogens (tertiary/aromatic N) is 2. The molecule has 17 heavy (non-hydrogen) atoms. The average molecular weight is 231 g/mol. The van der Waals surface area contributed by atoms with Gasteiger partial charge in [0.1, 0.15) is 0 Å². The third kappa shape index (κ3) is 1.69. The van der Waals surface area contributed by atoms with E-state index in [1.165, 1.54) is 0 Å². The monoisotopic (exact) mass is 231 g/mol. The summed E-state index contributed by atoms with van der Waals surface area (Å²) in [5.41, 5.74) is 7.92. The van der Waals surface area contributed by atoms with Crippen LogP contribution in [0.25, 0.3) is 11.0 Å². The summed E-state index contributed by atoms with van der Waals surface area (Å²) in [7, 11) is 0. The van der Waals surface area contributed by atoms with E-state index in [2.05, 4.69) is 4.98 Å². The molecule has 2 aromatic rings. The Balaban J connectivity index is 2.12. The number of nitrogens with two attached hydrogens (primary N) is 1. The molecule has 4 nitrogen and oxygen atoms in total. The summed E-state index contributed by atoms with van der Waals surface area (Å²) in [6.45, 7) is 0. The summed E-state index contributed by atoms with van der Waals surface area (Å²) in [5.74, 6) is 0.511. The number of anilines is 1. The van der Waals surface area contributed by atoms with Crippen molar-refractivity contribution < 1.29 is 5.11 Å². The Kier molecular flexibility index (Phi) is 2.52. The van der Waals surface area contributed by atoms with Crippen LogP contribution in [0.3, 0.4) is 0 Å². The van der Waals surface area contributed by atoms with Gasteiger partial charge in [-0.15, -0.1) is 0 Å². The van der Waals surface area contributed by atoms with Crippen LogP contribution in [-0.2, 0) is 0 Å². The highest BCUT2D eigenvalue weighted by Crippen LogP contribution is 2.33. The highest BCUT2D eigenvalue weighted by Gasteiger charge is 2.27. The minimum Gasteiger partial charge on any atom is -0.391 e. The van der Waals surface area contributed by atoms with Gasteiger partial charge in [0.2, 0.25) is 5.95 Å². The minimum atomic E-state index is -0.302. The Bertz CT molecular complexity index is 534. The molecule has 1 aliphatic carbocycles. The zero-order chi connectivity index (χ0) is 11.8. The quantitative estimate of drug-likeness (QED) is 0.790. The van der Waals surface area contributed by atoms with E-state index in [1.54, 1.807) is 0 Å². The average Bonchev–Trinajstić information content (AvgIpc) is 2.66. The maximum absolute atomic E-state index is 10.1. The predicted molar refractivity (Wildman–Crippen MR) is 67.7 cm³/mol. The summed E-state index contributed by atoms with van der Waals surface area (Å²) in [6.07, 6.45) is 3.78. The molecule has 1 aromatic heterocycles. The number of hydrogen-bond acceptors (Lipinski definition) is 3. The molecular weight excluding hydrogens is 214 g/mol. The number of aliphatic hydroxyl groups is 1. The van der Waals surface area contributed by atoms with E-state index in [9.17, 15) is 5.11 Å². The number of para-hydroxylation sites is 2. The first kappa shape index (κ1) is 10.6. The van der Waals surface area contributed by atoms with Gasteiger partial charge in [0.25, 0.3) is 0 Å². The van der Waals surface area contributed by atoms with Gasteiger partial charge in [-0.05, 0) is 25.0 Å². The smallest absolute Gasteiger partial charge is 0.201 e. The van der Waals surface area contributed by atoms with E-state index in [0.717, 1.165) is 36.7 Å². The molecule has 1 saturated carbocycles. The lowest BCUT2D eigenvalue weighted by atomic mass is 9.92. The van der Waals surface area contributed by atoms with Crippen molar-refractivity contribution in [2.24, 2.45) is 0 Å². The van der Waals surface area contributed by atoms with Crippen LogP contribution >= 0.6 is 0 Å². The molecule has 1 fully saturated rings. The summed E-state index contributed by atoms with van der Waals surface area (Å²) < 4.78 is 2.00. The Labute approximate surface area is 100 Å². The van der Waals surface area contributed by atoms with Crippen molar-refractivity contribution in [1.82, 2.24) is 9.55 Å². The zero-order valence-corrected chi connectivity index (χ0v) is 9.71. The maximum Gasteiger partial charge on any atom is 0.201 e. The van der Waals surface area contributed by atoms with Gasteiger partial charge >= 0.3 is 0 Å². The van der Waals surface area contributed by atoms with E-state index in [4.69, 9.17) is 5.73 Å². The highest BCUT2D eigenvalue weighted by molar-refractivity contribution is 5.78. The summed E-state index contributed by atoms with van der Waals surface area (Å²) >= 11 is 0. The Morgan fingerprint density at radius 1 is 1.24 bits per heavy atom. The largest absolute Gasteiger partial charge is 0.391 e. The van der Waals surface area contributed by atoms with E-state index in [0.29, 0.717) is 5.95 Å². The normalized spacial score (nSPS) is 25.2. The molecule has 3 N–H and O–H groups in total. The van der Waals surface area contributed by atoms with Crippen molar-refractivity contribution in [3.8, 4) is 0 Å². The number of imidazole rings is 1. The number of aromatic nitrogens is 2. The fourth-order valence-corrected chi connectivity index (χ4v) is 2.80. The molecule has 0 aliphatic heterocycles. The SMILES string of the molecule is Nc1nc2ccccc2n1[C@H]1CCCC[C@@H]1O. The van der Waals surface area contributed by atoms with Crippen LogP contribution in [0, 0.1) is 0 Å². The fourth-order valence-electron chi connectivity index (χ4n) is 2.80. The van der Waals surface area contributed by atoms with Crippen LogP contribution in [0.15, 0.2) is 24.3 Å². The Morgan fingerprint density at radius 2 is 2.00 bits per heavy atom. The number of aliphatic hydroxyl groups excluding tert-OH is 1. The molecule has 0 saturated heterocycles. The van der Waals surface area contributed by atoms with E-state index in [-0.39, 0.29) is 12.1 Å². The van der Waals surface area contributed by atoms with E-state index in [1.807, 2.05) is 28.8 Å². The summed E-state index contributed by atoms with van der Waals surface area (Å²) in [5, 5.41) is 10.1. The van der Waals surface area contributed by atoms with Crippen LogP contribution in [0.4, 0.5) is 5.95 Å². The van der Waals surface area contributed by atoms with Crippen molar-refractivity contribution in [2.75, 3.05) is 5.73 Å². The number of hydrogen-bond donors (Lipinski definition) is 2. The van der Waals surface area contributed by atoms with Gasteiger partial charge in [-0.25, -0.2) is 4.98 Å². The van der Waals surface area contributed by atoms with Crippen molar-refractivity contribution in [3.05, 3.63) is 24.3 Å². The molecule has 90 valence electrons. The summed E-state index contributed by atoms with van der Waals surface area (Å²) in [4.78, 5) is 4.35. The fraction of sp³-hybridized carbons (Fsp3) is 0.462. The molecule has 1 aromatic carbocycles. The molecule has 1 aliphatic rings. The molecule has 2 atom stereocenters. The third-order valence-electron chi connectivity index (χ3n) is 3.65. The van der Waals surface area contributed by atoms with E-state index < -0.39 is 0 Å². The number of rotatable bonds is 1. The second kappa shape index (κ2) is 4.04. The van der Waals surface area contributed by atoms with Gasteiger partial charge in [-0.1, -0.05) is 25.0 Å². The molecule has 0 radical (unpaired) electrons. The molecule has 0 amide bonds. The predicted octanol–water partition coefficient (Wildman–Crippen LogP) is 2.09. The molecular formula is C13H17N3O. The van der Waals surface area contributed by atoms with Gasteiger partial charge in [-0.3, -0.25) is 0 Å². The second-order valence-electron chi connectivity index (χ2n) is 4.75. The van der Waals surface area contributed by atoms with Gasteiger partial charge in [0.05, 0.1) is 23.2 Å². The Morgan fingerprint density at radius 3 is 2.82 bits per heavy atom. The van der Waals surface area contributed by atoms with Crippen molar-refractivity contribution in [1.29, 1.82) is 0 Å². The number of fused-ring (bicyclic) bond motifs is 1. The van der Waals surface area contributed by atoms with Gasteiger partial charge < -0.3 is 15.4 Å². The Hall–Kier alpha value is -1.55. The molecule has 0 unspecified atom stereocenters. The third-order valence-corrected chi connectivity index (χ3v) is 3.65. The molecule has 0 bridgehead atoms. The van der Waals surface area contributed by atoms with Crippen molar-refractivity contribution >= 4 is 17.0 Å². The van der Waals surface area contributed by atoms with Crippen LogP contribution in [-0.4, -0.2) is 20.8 Å². The molecule has 4 heteroatoms. The summed E-state index contributed by atoms with van der Waals surface area (Å²) in [6, 6.07) is 7.99. The maximum atomic E-state index is 10.1. The van der Waals surface area contributed by atoms with Crippen molar-refractivity contribution in [2.45, 2.75) is 37.8 Å². The topological polar surface area (TPSA) is 64.1 Å². The standard InChI is InChI=1S/C13H17N3O/c14-13-15-9-5-1-2-6-10(9)16(13)11-7-3-4-8-12(11)17/h1-2,5-6,11-12,17H,3-4,7-8H2,(H2,14,15)/t11-,12-/m0/s1. The van der Waals surface area contributed by atoms with Crippen LogP contribution in [0.2, 0.25) is 0 Å². The lowest BCUT2D eigenvalue weighted by Gasteiger charge is -2.29. The van der Waals surface area contributed by atoms with Crippen LogP contribution < -0.4 is 5.73 Å². The minimum absolute atomic E-state index is 0.0798. The van der Waals surface area contributed by atoms with Crippen LogP contribution in [0.5, 0.6) is 0 Å². The molecule has 1 heterocycles. The van der Waals surface area contributed by atoms with Crippen LogP contribution in [0.1, 0.15) is 31.7 Å². The van der Waals surface area contributed by atoms with Gasteiger partial charge in [0, 0.05) is 0 Å². The first-order chi connectivity index (χ1) is 8.27. The lowest BCUT2D eigenvalue weighted by molar-refractivity contribution is 0.0783. The number of benzene rings is 1. The van der Waals surface area contributed by atoms with Gasteiger partial charge in [0.15, 0.2) is 0 Å². The van der Waals surface area contributed by atoms with E-state index >= 15 is 0 Å². The van der Waals surface area contributed by atoms with Crippen molar-refractivity contribution in [3.63, 3.8) is 0 Å². The first-order valence-corrected chi connectivity index (χ1v) is 6.18. The van der Waals surface area contributed by atoms with Gasteiger partial charge in [-0.2, -0.15) is 0 Å².